The van der Waals surface area contributed by atoms with Crippen LogP contribution in [0.3, 0.4) is 0 Å². The number of nitrogens with zero attached hydrogens (tertiary/aromatic N) is 3. The molecule has 0 saturated carbocycles. The molecule has 0 bridgehead atoms. The van der Waals surface area contributed by atoms with Gasteiger partial charge in [-0.15, -0.1) is 10.2 Å². The zero-order valence-corrected chi connectivity index (χ0v) is 20.1. The van der Waals surface area contributed by atoms with E-state index in [1.54, 1.807) is 12.1 Å². The molecule has 168 valence electrons. The number of carbonyl (C=O) groups excluding carboxylic acids is 2. The molecule has 0 aliphatic rings. The normalized spacial score (nSPS) is 10.8. The summed E-state index contributed by atoms with van der Waals surface area (Å²) in [7, 11) is 0. The van der Waals surface area contributed by atoms with E-state index in [1.165, 1.54) is 11.8 Å². The number of halogens is 1. The van der Waals surface area contributed by atoms with Gasteiger partial charge in [0.15, 0.2) is 5.16 Å². The van der Waals surface area contributed by atoms with Crippen LogP contribution in [0.25, 0.3) is 0 Å². The molecule has 0 fully saturated rings. The van der Waals surface area contributed by atoms with Crippen molar-refractivity contribution in [2.24, 2.45) is 0 Å². The van der Waals surface area contributed by atoms with Crippen molar-refractivity contribution >= 4 is 46.6 Å². The van der Waals surface area contributed by atoms with Crippen molar-refractivity contribution in [1.82, 2.24) is 14.8 Å². The van der Waals surface area contributed by atoms with E-state index in [0.717, 1.165) is 22.4 Å². The molecule has 0 aliphatic heterocycles. The van der Waals surface area contributed by atoms with Crippen LogP contribution in [0.1, 0.15) is 29.4 Å². The Balaban J connectivity index is 1.60. The number of thioether (sulfide) groups is 1. The fraction of sp³-hybridized carbons (Fsp3) is 0.304. The Hall–Kier alpha value is -2.84. The fourth-order valence-electron chi connectivity index (χ4n) is 3.08. The highest BCUT2D eigenvalue weighted by Crippen LogP contribution is 2.22. The molecule has 2 amide bonds. The quantitative estimate of drug-likeness (QED) is 0.461. The van der Waals surface area contributed by atoms with E-state index in [-0.39, 0.29) is 24.0 Å². The van der Waals surface area contributed by atoms with Crippen LogP contribution < -0.4 is 10.6 Å². The van der Waals surface area contributed by atoms with E-state index in [0.29, 0.717) is 28.2 Å². The first-order valence-electron chi connectivity index (χ1n) is 10.2. The number of aromatic nitrogens is 3. The monoisotopic (exact) mass is 471 g/mol. The zero-order chi connectivity index (χ0) is 23.3. The third kappa shape index (κ3) is 6.11. The van der Waals surface area contributed by atoms with E-state index in [4.69, 9.17) is 11.6 Å². The van der Waals surface area contributed by atoms with E-state index < -0.39 is 0 Å². The smallest absolute Gasteiger partial charge is 0.234 e. The zero-order valence-electron chi connectivity index (χ0n) is 18.5. The van der Waals surface area contributed by atoms with Crippen molar-refractivity contribution in [3.63, 3.8) is 0 Å². The van der Waals surface area contributed by atoms with Gasteiger partial charge in [0.05, 0.1) is 12.2 Å². The summed E-state index contributed by atoms with van der Waals surface area (Å²) in [5.41, 5.74) is 4.47. The molecule has 32 heavy (non-hydrogen) atoms. The molecule has 3 rings (SSSR count). The first-order chi connectivity index (χ1) is 15.3. The predicted molar refractivity (Wildman–Crippen MR) is 129 cm³/mol. The summed E-state index contributed by atoms with van der Waals surface area (Å²) in [6, 6.07) is 11.3. The predicted octanol–water partition coefficient (Wildman–Crippen LogP) is 4.79. The molecule has 1 aromatic heterocycles. The molecule has 3 aromatic rings. The Morgan fingerprint density at radius 3 is 2.47 bits per heavy atom. The van der Waals surface area contributed by atoms with E-state index in [2.05, 4.69) is 20.8 Å². The Morgan fingerprint density at radius 1 is 1.00 bits per heavy atom. The summed E-state index contributed by atoms with van der Waals surface area (Å²) in [5.74, 6) is 0.404. The molecular formula is C23H26ClN5O2S. The molecule has 7 nitrogen and oxygen atoms in total. The van der Waals surface area contributed by atoms with Gasteiger partial charge < -0.3 is 15.2 Å². The molecule has 0 unspecified atom stereocenters. The van der Waals surface area contributed by atoms with Gasteiger partial charge in [-0.2, -0.15) is 0 Å². The average Bonchev–Trinajstić information content (AvgIpc) is 3.13. The third-order valence-corrected chi connectivity index (χ3v) is 6.26. The second-order valence-electron chi connectivity index (χ2n) is 7.49. The lowest BCUT2D eigenvalue weighted by atomic mass is 10.1. The standard InChI is InChI=1S/C23H26ClN5O2S/c1-5-29-20(12-21(30)25-17-9-8-15(3)18(24)11-17)27-28-23(29)32-13-22(31)26-19-10-14(2)6-7-16(19)4/h6-11H,5,12-13H2,1-4H3,(H,25,30)(H,26,31). The van der Waals surface area contributed by atoms with Crippen LogP contribution in [0.15, 0.2) is 41.6 Å². The first-order valence-corrected chi connectivity index (χ1v) is 11.6. The van der Waals surface area contributed by atoms with Gasteiger partial charge in [0.1, 0.15) is 5.82 Å². The van der Waals surface area contributed by atoms with Crippen LogP contribution in [0.2, 0.25) is 5.02 Å². The highest BCUT2D eigenvalue weighted by Gasteiger charge is 2.16. The lowest BCUT2D eigenvalue weighted by molar-refractivity contribution is -0.116. The minimum Gasteiger partial charge on any atom is -0.326 e. The van der Waals surface area contributed by atoms with Gasteiger partial charge in [-0.1, -0.05) is 41.6 Å². The highest BCUT2D eigenvalue weighted by atomic mass is 35.5. The Morgan fingerprint density at radius 2 is 1.75 bits per heavy atom. The Bertz CT molecular complexity index is 1150. The minimum absolute atomic E-state index is 0.0710. The van der Waals surface area contributed by atoms with Gasteiger partial charge in [0.2, 0.25) is 11.8 Å². The van der Waals surface area contributed by atoms with Crippen molar-refractivity contribution < 1.29 is 9.59 Å². The van der Waals surface area contributed by atoms with Gasteiger partial charge in [-0.3, -0.25) is 9.59 Å². The number of amides is 2. The molecule has 2 aromatic carbocycles. The fourth-order valence-corrected chi connectivity index (χ4v) is 4.08. The van der Waals surface area contributed by atoms with Crippen molar-refractivity contribution in [2.75, 3.05) is 16.4 Å². The van der Waals surface area contributed by atoms with Crippen LogP contribution >= 0.6 is 23.4 Å². The summed E-state index contributed by atoms with van der Waals surface area (Å²) in [5, 5.41) is 15.3. The van der Waals surface area contributed by atoms with Crippen molar-refractivity contribution in [3.8, 4) is 0 Å². The third-order valence-electron chi connectivity index (χ3n) is 4.88. The molecule has 1 heterocycles. The number of rotatable bonds is 8. The maximum atomic E-state index is 12.5. The Labute approximate surface area is 197 Å². The second-order valence-corrected chi connectivity index (χ2v) is 8.84. The summed E-state index contributed by atoms with van der Waals surface area (Å²) in [6.07, 6.45) is 0.0710. The van der Waals surface area contributed by atoms with Gasteiger partial charge in [0, 0.05) is 22.9 Å². The van der Waals surface area contributed by atoms with Gasteiger partial charge in [-0.05, 0) is 62.6 Å². The summed E-state index contributed by atoms with van der Waals surface area (Å²) < 4.78 is 1.84. The maximum Gasteiger partial charge on any atom is 0.234 e. The topological polar surface area (TPSA) is 88.9 Å². The van der Waals surface area contributed by atoms with Gasteiger partial charge >= 0.3 is 0 Å². The molecular weight excluding hydrogens is 446 g/mol. The average molecular weight is 472 g/mol. The van der Waals surface area contributed by atoms with E-state index in [1.807, 2.05) is 56.5 Å². The molecule has 0 aliphatic carbocycles. The maximum absolute atomic E-state index is 12.5. The molecule has 2 N–H and O–H groups in total. The van der Waals surface area contributed by atoms with Crippen molar-refractivity contribution in [1.29, 1.82) is 0 Å². The molecule has 0 atom stereocenters. The number of hydrogen-bond donors (Lipinski definition) is 2. The molecule has 9 heteroatoms. The van der Waals surface area contributed by atoms with Crippen molar-refractivity contribution in [2.45, 2.75) is 45.8 Å². The second kappa shape index (κ2) is 10.7. The lowest BCUT2D eigenvalue weighted by Crippen LogP contribution is -2.18. The number of hydrogen-bond acceptors (Lipinski definition) is 5. The van der Waals surface area contributed by atoms with Crippen LogP contribution in [-0.4, -0.2) is 32.3 Å². The van der Waals surface area contributed by atoms with E-state index in [9.17, 15) is 9.59 Å². The Kier molecular flexibility index (Phi) is 7.93. The molecule has 0 saturated heterocycles. The summed E-state index contributed by atoms with van der Waals surface area (Å²) >= 11 is 7.42. The molecule has 0 radical (unpaired) electrons. The number of benzene rings is 2. The van der Waals surface area contributed by atoms with E-state index >= 15 is 0 Å². The summed E-state index contributed by atoms with van der Waals surface area (Å²) in [4.78, 5) is 24.9. The van der Waals surface area contributed by atoms with Crippen LogP contribution in [0.4, 0.5) is 11.4 Å². The minimum atomic E-state index is -0.212. The summed E-state index contributed by atoms with van der Waals surface area (Å²) in [6.45, 7) is 8.38. The lowest BCUT2D eigenvalue weighted by Gasteiger charge is -2.10. The largest absolute Gasteiger partial charge is 0.326 e. The number of carbonyl (C=O) groups is 2. The molecule has 0 spiro atoms. The highest BCUT2D eigenvalue weighted by molar-refractivity contribution is 7.99. The van der Waals surface area contributed by atoms with Crippen LogP contribution in [0.5, 0.6) is 0 Å². The number of anilines is 2. The first kappa shape index (κ1) is 23.8. The number of aryl methyl sites for hydroxylation is 3. The van der Waals surface area contributed by atoms with Gasteiger partial charge in [-0.25, -0.2) is 0 Å². The van der Waals surface area contributed by atoms with Crippen LogP contribution in [-0.2, 0) is 22.6 Å². The van der Waals surface area contributed by atoms with Crippen LogP contribution in [0, 0.1) is 20.8 Å². The van der Waals surface area contributed by atoms with Gasteiger partial charge in [0.25, 0.3) is 0 Å². The SMILES string of the molecule is CCn1c(CC(=O)Nc2ccc(C)c(Cl)c2)nnc1SCC(=O)Nc1cc(C)ccc1C. The van der Waals surface area contributed by atoms with Crippen molar-refractivity contribution in [3.05, 3.63) is 63.9 Å². The number of nitrogens with one attached hydrogen (secondary N) is 2.